The van der Waals surface area contributed by atoms with Crippen LogP contribution in [-0.4, -0.2) is 49.0 Å². The van der Waals surface area contributed by atoms with Crippen LogP contribution >= 0.6 is 0 Å². The summed E-state index contributed by atoms with van der Waals surface area (Å²) in [4.78, 5) is 4.64. The molecule has 0 unspecified atom stereocenters. The topological polar surface area (TPSA) is 79.5 Å². The number of nitrogens with zero attached hydrogens (tertiary/aromatic N) is 4. The minimum atomic E-state index is -4.75. The number of benzene rings is 2. The van der Waals surface area contributed by atoms with E-state index in [9.17, 15) is 34.8 Å². The van der Waals surface area contributed by atoms with E-state index in [1.165, 1.54) is 12.1 Å². The molecule has 0 N–H and O–H groups in total. The van der Waals surface area contributed by atoms with Crippen molar-refractivity contribution >= 4 is 15.7 Å². The first kappa shape index (κ1) is 24.0. The van der Waals surface area contributed by atoms with Gasteiger partial charge in [-0.2, -0.15) is 35.6 Å². The Morgan fingerprint density at radius 3 is 2.21 bits per heavy atom. The molecule has 3 aromatic rings. The summed E-state index contributed by atoms with van der Waals surface area (Å²) < 4.78 is 107. The SMILES string of the molecule is CN(c1ccc(-c2noc(C(F)(F)F)n2)cc1)C1CN(S(=O)(=O)c2cccc(C(F)(F)F)c2)C1. The van der Waals surface area contributed by atoms with Crippen molar-refractivity contribution in [3.05, 3.63) is 60.0 Å². The number of likely N-dealkylation sites (N-methyl/N-ethyl adjacent to an activating group) is 1. The average molecular weight is 506 g/mol. The molecule has 182 valence electrons. The summed E-state index contributed by atoms with van der Waals surface area (Å²) >= 11 is 0. The third-order valence-electron chi connectivity index (χ3n) is 5.38. The summed E-state index contributed by atoms with van der Waals surface area (Å²) in [5.74, 6) is -1.69. The van der Waals surface area contributed by atoms with E-state index in [4.69, 9.17) is 0 Å². The van der Waals surface area contributed by atoms with Gasteiger partial charge in [-0.1, -0.05) is 11.2 Å². The first-order chi connectivity index (χ1) is 15.8. The van der Waals surface area contributed by atoms with Gasteiger partial charge in [-0.15, -0.1) is 0 Å². The summed E-state index contributed by atoms with van der Waals surface area (Å²) in [6.45, 7) is 0.104. The minimum absolute atomic E-state index is 0.0522. The Kier molecular flexibility index (Phi) is 5.84. The molecule has 14 heteroatoms. The number of hydrogen-bond donors (Lipinski definition) is 0. The molecular weight excluding hydrogens is 490 g/mol. The van der Waals surface area contributed by atoms with E-state index in [1.54, 1.807) is 24.1 Å². The van der Waals surface area contributed by atoms with Crippen molar-refractivity contribution in [2.75, 3.05) is 25.0 Å². The van der Waals surface area contributed by atoms with Crippen molar-refractivity contribution in [1.29, 1.82) is 0 Å². The molecule has 1 aliphatic rings. The van der Waals surface area contributed by atoms with E-state index in [0.29, 0.717) is 17.3 Å². The zero-order chi connectivity index (χ0) is 24.9. The lowest BCUT2D eigenvalue weighted by Crippen LogP contribution is -2.60. The normalized spacial score (nSPS) is 15.9. The predicted octanol–water partition coefficient (Wildman–Crippen LogP) is 4.28. The molecule has 4 rings (SSSR count). The molecule has 1 fully saturated rings. The second-order valence-electron chi connectivity index (χ2n) is 7.58. The lowest BCUT2D eigenvalue weighted by molar-refractivity contribution is -0.159. The largest absolute Gasteiger partial charge is 0.471 e. The fraction of sp³-hybridized carbons (Fsp3) is 0.300. The summed E-state index contributed by atoms with van der Waals surface area (Å²) in [5, 5.41) is 3.31. The third-order valence-corrected chi connectivity index (χ3v) is 7.20. The Morgan fingerprint density at radius 2 is 1.65 bits per heavy atom. The summed E-state index contributed by atoms with van der Waals surface area (Å²) in [5.41, 5.74) is -0.116. The van der Waals surface area contributed by atoms with Crippen molar-refractivity contribution in [1.82, 2.24) is 14.4 Å². The molecule has 0 aliphatic carbocycles. The Balaban J connectivity index is 1.42. The van der Waals surface area contributed by atoms with E-state index < -0.39 is 38.7 Å². The average Bonchev–Trinajstić information content (AvgIpc) is 3.23. The highest BCUT2D eigenvalue weighted by Gasteiger charge is 2.40. The zero-order valence-corrected chi connectivity index (χ0v) is 18.1. The molecule has 0 spiro atoms. The first-order valence-corrected chi connectivity index (χ1v) is 11.1. The highest BCUT2D eigenvalue weighted by Crippen LogP contribution is 2.33. The van der Waals surface area contributed by atoms with Gasteiger partial charge in [0.25, 0.3) is 0 Å². The van der Waals surface area contributed by atoms with Crippen LogP contribution in [0.3, 0.4) is 0 Å². The molecule has 1 saturated heterocycles. The third kappa shape index (κ3) is 4.59. The standard InChI is InChI=1S/C20H16F6N4O3S/c1-29(14-7-5-12(6-8-14)17-27-18(33-28-17)20(24,25)26)15-10-30(11-15)34(31,32)16-4-2-3-13(9-16)19(21,22)23/h2-9,15H,10-11H2,1H3. The Morgan fingerprint density at radius 1 is 1.00 bits per heavy atom. The smallest absolute Gasteiger partial charge is 0.369 e. The number of aromatic nitrogens is 2. The van der Waals surface area contributed by atoms with Crippen LogP contribution in [0.15, 0.2) is 57.9 Å². The number of alkyl halides is 6. The van der Waals surface area contributed by atoms with Crippen molar-refractivity contribution < 1.29 is 39.3 Å². The van der Waals surface area contributed by atoms with Crippen molar-refractivity contribution in [3.63, 3.8) is 0 Å². The van der Waals surface area contributed by atoms with Gasteiger partial charge in [0.05, 0.1) is 16.5 Å². The van der Waals surface area contributed by atoms with Gasteiger partial charge in [0, 0.05) is 31.4 Å². The van der Waals surface area contributed by atoms with E-state index in [0.717, 1.165) is 22.5 Å². The summed E-state index contributed by atoms with van der Waals surface area (Å²) in [7, 11) is -2.40. The van der Waals surface area contributed by atoms with Gasteiger partial charge in [-0.3, -0.25) is 0 Å². The Hall–Kier alpha value is -3.13. The first-order valence-electron chi connectivity index (χ1n) is 9.68. The lowest BCUT2D eigenvalue weighted by atomic mass is 10.1. The summed E-state index contributed by atoms with van der Waals surface area (Å²) in [6, 6.07) is 9.49. The summed E-state index contributed by atoms with van der Waals surface area (Å²) in [6.07, 6.45) is -9.42. The van der Waals surface area contributed by atoms with Gasteiger partial charge in [0.15, 0.2) is 0 Å². The molecule has 0 radical (unpaired) electrons. The quantitative estimate of drug-likeness (QED) is 0.481. The molecule has 0 atom stereocenters. The second-order valence-corrected chi connectivity index (χ2v) is 9.52. The van der Waals surface area contributed by atoms with Crippen LogP contribution in [0.4, 0.5) is 32.0 Å². The van der Waals surface area contributed by atoms with Crippen LogP contribution in [0, 0.1) is 0 Å². The molecule has 1 aliphatic heterocycles. The fourth-order valence-electron chi connectivity index (χ4n) is 3.35. The highest BCUT2D eigenvalue weighted by molar-refractivity contribution is 7.89. The van der Waals surface area contributed by atoms with Crippen molar-refractivity contribution in [2.45, 2.75) is 23.3 Å². The molecule has 0 amide bonds. The van der Waals surface area contributed by atoms with Gasteiger partial charge in [0.1, 0.15) is 0 Å². The van der Waals surface area contributed by atoms with Crippen LogP contribution in [0.1, 0.15) is 11.5 Å². The van der Waals surface area contributed by atoms with Crippen LogP contribution in [-0.2, 0) is 22.4 Å². The molecule has 0 saturated carbocycles. The maximum atomic E-state index is 12.9. The molecule has 1 aromatic heterocycles. The predicted molar refractivity (Wildman–Crippen MR) is 107 cm³/mol. The van der Waals surface area contributed by atoms with Gasteiger partial charge < -0.3 is 9.42 Å². The van der Waals surface area contributed by atoms with Gasteiger partial charge in [0.2, 0.25) is 15.8 Å². The Labute approximate surface area is 189 Å². The number of hydrogen-bond acceptors (Lipinski definition) is 6. The Bertz CT molecular complexity index is 1280. The lowest BCUT2D eigenvalue weighted by Gasteiger charge is -2.43. The van der Waals surface area contributed by atoms with E-state index in [1.807, 2.05) is 0 Å². The number of rotatable bonds is 5. The van der Waals surface area contributed by atoms with Crippen LogP contribution < -0.4 is 4.90 Å². The molecule has 0 bridgehead atoms. The number of anilines is 1. The van der Waals surface area contributed by atoms with Crippen molar-refractivity contribution in [3.8, 4) is 11.4 Å². The zero-order valence-electron chi connectivity index (χ0n) is 17.3. The van der Waals surface area contributed by atoms with Gasteiger partial charge in [-0.05, 0) is 42.5 Å². The van der Waals surface area contributed by atoms with Crippen molar-refractivity contribution in [2.24, 2.45) is 0 Å². The molecule has 34 heavy (non-hydrogen) atoms. The van der Waals surface area contributed by atoms with E-state index in [2.05, 4.69) is 14.7 Å². The second kappa shape index (κ2) is 8.27. The monoisotopic (exact) mass is 506 g/mol. The maximum Gasteiger partial charge on any atom is 0.471 e. The minimum Gasteiger partial charge on any atom is -0.369 e. The molecule has 7 nitrogen and oxygen atoms in total. The van der Waals surface area contributed by atoms with Gasteiger partial charge >= 0.3 is 18.2 Å². The van der Waals surface area contributed by atoms with E-state index in [-0.39, 0.29) is 25.0 Å². The van der Waals surface area contributed by atoms with E-state index >= 15 is 0 Å². The van der Waals surface area contributed by atoms with Crippen LogP contribution in [0.25, 0.3) is 11.4 Å². The fourth-order valence-corrected chi connectivity index (χ4v) is 4.91. The van der Waals surface area contributed by atoms with Crippen LogP contribution in [0.5, 0.6) is 0 Å². The number of halogens is 6. The van der Waals surface area contributed by atoms with Gasteiger partial charge in [-0.25, -0.2) is 8.42 Å². The molecular formula is C20H16F6N4O3S. The molecule has 2 aromatic carbocycles. The highest BCUT2D eigenvalue weighted by atomic mass is 32.2. The number of sulfonamides is 1. The van der Waals surface area contributed by atoms with Crippen LogP contribution in [0.2, 0.25) is 0 Å². The molecule has 2 heterocycles. The maximum absolute atomic E-state index is 12.9.